The van der Waals surface area contributed by atoms with Crippen molar-refractivity contribution in [1.29, 1.82) is 0 Å². The molecule has 2 atom stereocenters. The second-order valence-corrected chi connectivity index (χ2v) is 6.89. The van der Waals surface area contributed by atoms with Crippen LogP contribution in [0.15, 0.2) is 0 Å². The maximum absolute atomic E-state index is 6.17. The number of unbranched alkanes of at least 4 members (excludes halogenated alkanes) is 1. The Labute approximate surface area is 116 Å². The highest BCUT2D eigenvalue weighted by Gasteiger charge is 2.37. The summed E-state index contributed by atoms with van der Waals surface area (Å²) < 4.78 is 6.17. The maximum Gasteiger partial charge on any atom is 0.0631 e. The molecular formula is C15H29BrO. The lowest BCUT2D eigenvalue weighted by atomic mass is 9.77. The minimum absolute atomic E-state index is 0.112. The van der Waals surface area contributed by atoms with Crippen molar-refractivity contribution in [3.63, 3.8) is 0 Å². The van der Waals surface area contributed by atoms with Gasteiger partial charge in [-0.25, -0.2) is 0 Å². The highest BCUT2D eigenvalue weighted by atomic mass is 79.9. The molecule has 0 aliphatic carbocycles. The topological polar surface area (TPSA) is 9.23 Å². The summed E-state index contributed by atoms with van der Waals surface area (Å²) in [5, 5.41) is 1.12. The van der Waals surface area contributed by atoms with Gasteiger partial charge in [-0.05, 0) is 51.4 Å². The lowest BCUT2D eigenvalue weighted by Gasteiger charge is -2.34. The van der Waals surface area contributed by atoms with Gasteiger partial charge in [-0.3, -0.25) is 0 Å². The first-order valence-electron chi connectivity index (χ1n) is 7.21. The molecule has 2 unspecified atom stereocenters. The quantitative estimate of drug-likeness (QED) is 0.579. The molecule has 1 nitrogen and oxygen atoms in total. The Kier molecular flexibility index (Phi) is 5.98. The van der Waals surface area contributed by atoms with Crippen molar-refractivity contribution < 1.29 is 4.74 Å². The van der Waals surface area contributed by atoms with E-state index in [9.17, 15) is 0 Å². The first-order chi connectivity index (χ1) is 7.97. The van der Waals surface area contributed by atoms with Gasteiger partial charge >= 0.3 is 0 Å². The van der Waals surface area contributed by atoms with Crippen molar-refractivity contribution in [3.05, 3.63) is 0 Å². The van der Waals surface area contributed by atoms with Crippen LogP contribution in [0.25, 0.3) is 0 Å². The minimum Gasteiger partial charge on any atom is -0.372 e. The van der Waals surface area contributed by atoms with Crippen molar-refractivity contribution in [1.82, 2.24) is 0 Å². The summed E-state index contributed by atoms with van der Waals surface area (Å²) in [7, 11) is 0. The monoisotopic (exact) mass is 304 g/mol. The lowest BCUT2D eigenvalue weighted by molar-refractivity contribution is -0.0347. The molecule has 17 heavy (non-hydrogen) atoms. The normalized spacial score (nSPS) is 27.0. The molecule has 1 heterocycles. The third-order valence-corrected chi connectivity index (χ3v) is 5.50. The van der Waals surface area contributed by atoms with Crippen molar-refractivity contribution in [3.8, 4) is 0 Å². The van der Waals surface area contributed by atoms with E-state index in [1.54, 1.807) is 0 Å². The van der Waals surface area contributed by atoms with Crippen LogP contribution in [0, 0.1) is 5.41 Å². The van der Waals surface area contributed by atoms with E-state index in [2.05, 4.69) is 43.6 Å². The minimum atomic E-state index is 0.112. The largest absolute Gasteiger partial charge is 0.372 e. The van der Waals surface area contributed by atoms with Crippen LogP contribution < -0.4 is 0 Å². The fourth-order valence-corrected chi connectivity index (χ4v) is 3.80. The van der Waals surface area contributed by atoms with Crippen LogP contribution in [0.4, 0.5) is 0 Å². The van der Waals surface area contributed by atoms with Gasteiger partial charge in [0.25, 0.3) is 0 Å². The molecule has 1 aliphatic heterocycles. The van der Waals surface area contributed by atoms with Gasteiger partial charge < -0.3 is 4.74 Å². The highest BCUT2D eigenvalue weighted by molar-refractivity contribution is 9.09. The van der Waals surface area contributed by atoms with Crippen LogP contribution in [-0.4, -0.2) is 17.0 Å². The van der Waals surface area contributed by atoms with Gasteiger partial charge in [0.2, 0.25) is 0 Å². The third-order valence-electron chi connectivity index (χ3n) is 4.31. The molecule has 1 saturated heterocycles. The molecule has 1 fully saturated rings. The summed E-state index contributed by atoms with van der Waals surface area (Å²) in [6.07, 6.45) is 9.42. The van der Waals surface area contributed by atoms with Crippen LogP contribution in [0.1, 0.15) is 72.6 Å². The second kappa shape index (κ2) is 6.56. The van der Waals surface area contributed by atoms with Crippen molar-refractivity contribution in [2.45, 2.75) is 84.3 Å². The predicted octanol–water partition coefficient (Wildman–Crippen LogP) is 5.32. The van der Waals surface area contributed by atoms with Gasteiger partial charge in [0.05, 0.1) is 11.7 Å². The Morgan fingerprint density at radius 3 is 2.47 bits per heavy atom. The van der Waals surface area contributed by atoms with Gasteiger partial charge in [0, 0.05) is 5.33 Å². The zero-order chi connectivity index (χ0) is 12.9. The van der Waals surface area contributed by atoms with E-state index in [1.807, 2.05) is 0 Å². The van der Waals surface area contributed by atoms with Crippen LogP contribution in [-0.2, 0) is 4.74 Å². The zero-order valence-electron chi connectivity index (χ0n) is 12.0. The van der Waals surface area contributed by atoms with Gasteiger partial charge in [0.1, 0.15) is 0 Å². The van der Waals surface area contributed by atoms with Gasteiger partial charge in [-0.1, -0.05) is 42.6 Å². The van der Waals surface area contributed by atoms with E-state index >= 15 is 0 Å². The van der Waals surface area contributed by atoms with Gasteiger partial charge in [0.15, 0.2) is 0 Å². The lowest BCUT2D eigenvalue weighted by Crippen LogP contribution is -2.29. The third kappa shape index (κ3) is 4.55. The van der Waals surface area contributed by atoms with E-state index in [4.69, 9.17) is 4.74 Å². The first-order valence-corrected chi connectivity index (χ1v) is 8.33. The molecule has 1 rings (SSSR count). The molecule has 0 radical (unpaired) electrons. The molecule has 0 bridgehead atoms. The Hall–Kier alpha value is 0.440. The second-order valence-electron chi connectivity index (χ2n) is 6.33. The van der Waals surface area contributed by atoms with E-state index < -0.39 is 0 Å². The molecule has 0 aromatic carbocycles. The van der Waals surface area contributed by atoms with E-state index in [-0.39, 0.29) is 5.60 Å². The van der Waals surface area contributed by atoms with Crippen LogP contribution in [0.5, 0.6) is 0 Å². The molecule has 1 aliphatic rings. The zero-order valence-corrected chi connectivity index (χ0v) is 13.6. The fraction of sp³-hybridized carbons (Fsp3) is 1.00. The van der Waals surface area contributed by atoms with E-state index in [0.717, 1.165) is 5.33 Å². The Morgan fingerprint density at radius 2 is 2.06 bits per heavy atom. The van der Waals surface area contributed by atoms with Crippen molar-refractivity contribution in [2.24, 2.45) is 5.41 Å². The molecule has 0 saturated carbocycles. The van der Waals surface area contributed by atoms with Crippen LogP contribution in [0.2, 0.25) is 0 Å². The Balaban J connectivity index is 2.54. The standard InChI is InChI=1S/C15H29BrO/c1-5-7-9-15(6-2,12-16)11-13-8-10-14(3,4)17-13/h13H,5-12H2,1-4H3. The van der Waals surface area contributed by atoms with Crippen LogP contribution >= 0.6 is 15.9 Å². The van der Waals surface area contributed by atoms with Gasteiger partial charge in [-0.15, -0.1) is 0 Å². The first kappa shape index (κ1) is 15.5. The summed E-state index contributed by atoms with van der Waals surface area (Å²) in [4.78, 5) is 0. The van der Waals surface area contributed by atoms with Crippen molar-refractivity contribution in [2.75, 3.05) is 5.33 Å². The summed E-state index contributed by atoms with van der Waals surface area (Å²) >= 11 is 3.74. The molecular weight excluding hydrogens is 276 g/mol. The van der Waals surface area contributed by atoms with Crippen molar-refractivity contribution >= 4 is 15.9 Å². The summed E-state index contributed by atoms with van der Waals surface area (Å²) in [6.45, 7) is 9.06. The fourth-order valence-electron chi connectivity index (χ4n) is 2.90. The number of ether oxygens (including phenoxy) is 1. The molecule has 102 valence electrons. The number of alkyl halides is 1. The summed E-state index contributed by atoms with van der Waals surface area (Å²) in [5.74, 6) is 0. The molecule has 0 N–H and O–H groups in total. The molecule has 0 amide bonds. The highest BCUT2D eigenvalue weighted by Crippen LogP contribution is 2.41. The summed E-state index contributed by atoms with van der Waals surface area (Å²) in [6, 6.07) is 0. The molecule has 0 aromatic heterocycles. The average molecular weight is 305 g/mol. The van der Waals surface area contributed by atoms with E-state index in [0.29, 0.717) is 11.5 Å². The number of hydrogen-bond donors (Lipinski definition) is 0. The van der Waals surface area contributed by atoms with Gasteiger partial charge in [-0.2, -0.15) is 0 Å². The number of rotatable bonds is 7. The van der Waals surface area contributed by atoms with Crippen LogP contribution in [0.3, 0.4) is 0 Å². The number of halogens is 1. The Morgan fingerprint density at radius 1 is 1.35 bits per heavy atom. The maximum atomic E-state index is 6.17. The predicted molar refractivity (Wildman–Crippen MR) is 78.8 cm³/mol. The molecule has 0 spiro atoms. The molecule has 2 heteroatoms. The average Bonchev–Trinajstić information content (AvgIpc) is 2.64. The smallest absolute Gasteiger partial charge is 0.0631 e. The Bertz CT molecular complexity index is 221. The van der Waals surface area contributed by atoms with E-state index in [1.165, 1.54) is 44.9 Å². The molecule has 0 aromatic rings. The summed E-state index contributed by atoms with van der Waals surface area (Å²) in [5.41, 5.74) is 0.572. The number of hydrogen-bond acceptors (Lipinski definition) is 1. The SMILES string of the molecule is CCCCC(CC)(CBr)CC1CCC(C)(C)O1.